The van der Waals surface area contributed by atoms with Crippen molar-refractivity contribution in [3.63, 3.8) is 0 Å². The quantitative estimate of drug-likeness (QED) is 0.528. The molecule has 1 aromatic heterocycles. The minimum Gasteiger partial charge on any atom is -0.444 e. The molecule has 1 aliphatic carbocycles. The van der Waals surface area contributed by atoms with Crippen LogP contribution in [0.1, 0.15) is 70.3 Å². The third-order valence-electron chi connectivity index (χ3n) is 8.10. The lowest BCUT2D eigenvalue weighted by molar-refractivity contribution is -0.140. The summed E-state index contributed by atoms with van der Waals surface area (Å²) in [4.78, 5) is 60.1. The Balaban J connectivity index is 1.41. The van der Waals surface area contributed by atoms with Gasteiger partial charge in [0.05, 0.1) is 0 Å². The number of piperazine rings is 1. The zero-order valence-electron chi connectivity index (χ0n) is 25.0. The van der Waals surface area contributed by atoms with Crippen molar-refractivity contribution in [2.24, 2.45) is 5.92 Å². The van der Waals surface area contributed by atoms with Crippen molar-refractivity contribution in [1.29, 1.82) is 0 Å². The molecule has 10 nitrogen and oxygen atoms in total. The van der Waals surface area contributed by atoms with Gasteiger partial charge in [-0.15, -0.1) is 0 Å². The van der Waals surface area contributed by atoms with Crippen LogP contribution in [0.4, 0.5) is 13.6 Å². The molecular formula is C30H41F2N5O5. The van der Waals surface area contributed by atoms with E-state index in [4.69, 9.17) is 4.74 Å². The Morgan fingerprint density at radius 1 is 0.976 bits per heavy atom. The maximum atomic E-state index is 13.8. The van der Waals surface area contributed by atoms with E-state index < -0.39 is 41.3 Å². The van der Waals surface area contributed by atoms with Gasteiger partial charge in [0, 0.05) is 50.2 Å². The summed E-state index contributed by atoms with van der Waals surface area (Å²) < 4.78 is 32.6. The number of benzene rings is 1. The van der Waals surface area contributed by atoms with Crippen LogP contribution in [0.2, 0.25) is 0 Å². The predicted molar refractivity (Wildman–Crippen MR) is 153 cm³/mol. The minimum atomic E-state index is -0.999. The van der Waals surface area contributed by atoms with Crippen molar-refractivity contribution in [2.45, 2.75) is 77.5 Å². The second-order valence-electron chi connectivity index (χ2n) is 12.3. The van der Waals surface area contributed by atoms with Crippen LogP contribution in [-0.4, -0.2) is 94.4 Å². The smallest absolute Gasteiger partial charge is 0.410 e. The number of carbonyl (C=O) groups excluding carboxylic acids is 4. The van der Waals surface area contributed by atoms with E-state index in [2.05, 4.69) is 10.3 Å². The van der Waals surface area contributed by atoms with Crippen LogP contribution in [0.25, 0.3) is 10.9 Å². The standard InChI is InChI=1S/C30H41F2N5O5/c1-18(35(5)29(41)42-30(2,3)4)26(38)34-25(19-9-7-6-8-10-19)28(40)37-13-11-36(12-14-37)27(39)24-16-20-15-21(31)22(32)17-23(20)33-24/h15-19,25,33H,6-14H2,1-5H3,(H,34,38)/t18-,25-/m0/s1. The Hall–Kier alpha value is -3.70. The average Bonchev–Trinajstić information content (AvgIpc) is 3.36. The molecule has 12 heteroatoms. The summed E-state index contributed by atoms with van der Waals surface area (Å²) >= 11 is 0. The Morgan fingerprint density at radius 2 is 1.57 bits per heavy atom. The van der Waals surface area contributed by atoms with E-state index in [1.165, 1.54) is 18.0 Å². The summed E-state index contributed by atoms with van der Waals surface area (Å²) in [7, 11) is 1.49. The molecule has 1 aromatic carbocycles. The molecule has 42 heavy (non-hydrogen) atoms. The molecule has 2 fully saturated rings. The van der Waals surface area contributed by atoms with Gasteiger partial charge in [0.15, 0.2) is 11.6 Å². The molecule has 1 saturated carbocycles. The van der Waals surface area contributed by atoms with E-state index in [-0.39, 0.29) is 49.6 Å². The summed E-state index contributed by atoms with van der Waals surface area (Å²) in [5.74, 6) is -2.98. The highest BCUT2D eigenvalue weighted by Gasteiger charge is 2.37. The number of carbonyl (C=O) groups is 4. The SMILES string of the molecule is C[C@@H](C(=O)N[C@H](C(=O)N1CCN(C(=O)c2cc3cc(F)c(F)cc3[nH]2)CC1)C1CCCCC1)N(C)C(=O)OC(C)(C)C. The number of amides is 4. The largest absolute Gasteiger partial charge is 0.444 e. The Morgan fingerprint density at radius 3 is 2.19 bits per heavy atom. The molecule has 2 aromatic rings. The molecular weight excluding hydrogens is 548 g/mol. The van der Waals surface area contributed by atoms with Crippen molar-refractivity contribution >= 4 is 34.7 Å². The molecule has 0 unspecified atom stereocenters. The van der Waals surface area contributed by atoms with Crippen LogP contribution in [0.15, 0.2) is 18.2 Å². The number of halogens is 2. The van der Waals surface area contributed by atoms with Crippen molar-refractivity contribution in [3.8, 4) is 0 Å². The van der Waals surface area contributed by atoms with Crippen LogP contribution < -0.4 is 5.32 Å². The highest BCUT2D eigenvalue weighted by molar-refractivity contribution is 5.98. The van der Waals surface area contributed by atoms with Crippen LogP contribution in [0.5, 0.6) is 0 Å². The number of nitrogens with zero attached hydrogens (tertiary/aromatic N) is 3. The maximum Gasteiger partial charge on any atom is 0.410 e. The van der Waals surface area contributed by atoms with Crippen molar-refractivity contribution in [1.82, 2.24) is 25.0 Å². The molecule has 2 aliphatic rings. The molecule has 0 bridgehead atoms. The number of likely N-dealkylation sites (N-methyl/N-ethyl adjacent to an activating group) is 1. The molecule has 2 heterocycles. The highest BCUT2D eigenvalue weighted by atomic mass is 19.2. The third kappa shape index (κ3) is 7.19. The zero-order chi connectivity index (χ0) is 30.8. The molecule has 2 atom stereocenters. The number of hydrogen-bond acceptors (Lipinski definition) is 5. The summed E-state index contributed by atoms with van der Waals surface area (Å²) in [6, 6.07) is 1.95. The fourth-order valence-corrected chi connectivity index (χ4v) is 5.53. The zero-order valence-corrected chi connectivity index (χ0v) is 25.0. The first-order valence-electron chi connectivity index (χ1n) is 14.6. The van der Waals surface area contributed by atoms with Crippen molar-refractivity contribution in [3.05, 3.63) is 35.5 Å². The fraction of sp³-hybridized carbons (Fsp3) is 0.600. The van der Waals surface area contributed by atoms with Crippen LogP contribution >= 0.6 is 0 Å². The molecule has 1 saturated heterocycles. The third-order valence-corrected chi connectivity index (χ3v) is 8.10. The summed E-state index contributed by atoms with van der Waals surface area (Å²) in [6.07, 6.45) is 4.02. The number of ether oxygens (including phenoxy) is 1. The molecule has 4 amide bonds. The molecule has 230 valence electrons. The lowest BCUT2D eigenvalue weighted by atomic mass is 9.83. The fourth-order valence-electron chi connectivity index (χ4n) is 5.53. The monoisotopic (exact) mass is 589 g/mol. The van der Waals surface area contributed by atoms with Crippen LogP contribution in [0, 0.1) is 17.6 Å². The first kappa shape index (κ1) is 31.2. The van der Waals surface area contributed by atoms with Gasteiger partial charge in [0.2, 0.25) is 11.8 Å². The van der Waals surface area contributed by atoms with Crippen molar-refractivity contribution < 1.29 is 32.7 Å². The highest BCUT2D eigenvalue weighted by Crippen LogP contribution is 2.28. The summed E-state index contributed by atoms with van der Waals surface area (Å²) in [5.41, 5.74) is -0.176. The molecule has 0 radical (unpaired) electrons. The topological polar surface area (TPSA) is 115 Å². The summed E-state index contributed by atoms with van der Waals surface area (Å²) in [5, 5.41) is 3.33. The lowest BCUT2D eigenvalue weighted by Crippen LogP contribution is -2.59. The van der Waals surface area contributed by atoms with Gasteiger partial charge in [-0.3, -0.25) is 19.3 Å². The summed E-state index contributed by atoms with van der Waals surface area (Å²) in [6.45, 7) is 7.93. The van der Waals surface area contributed by atoms with E-state index in [0.717, 1.165) is 44.2 Å². The molecule has 0 spiro atoms. The van der Waals surface area contributed by atoms with Gasteiger partial charge in [0.25, 0.3) is 5.91 Å². The van der Waals surface area contributed by atoms with Gasteiger partial charge >= 0.3 is 6.09 Å². The molecule has 2 N–H and O–H groups in total. The van der Waals surface area contributed by atoms with E-state index in [0.29, 0.717) is 10.9 Å². The number of fused-ring (bicyclic) bond motifs is 1. The Kier molecular flexibility index (Phi) is 9.42. The van der Waals surface area contributed by atoms with Gasteiger partial charge in [-0.05, 0) is 58.6 Å². The van der Waals surface area contributed by atoms with Gasteiger partial charge in [-0.1, -0.05) is 19.3 Å². The molecule has 4 rings (SSSR count). The second kappa shape index (κ2) is 12.7. The molecule has 1 aliphatic heterocycles. The number of aromatic amines is 1. The van der Waals surface area contributed by atoms with Gasteiger partial charge in [-0.25, -0.2) is 13.6 Å². The Bertz CT molecular complexity index is 1290. The average molecular weight is 590 g/mol. The van der Waals surface area contributed by atoms with E-state index in [9.17, 15) is 28.0 Å². The van der Waals surface area contributed by atoms with Crippen LogP contribution in [-0.2, 0) is 14.3 Å². The van der Waals surface area contributed by atoms with Gasteiger partial charge < -0.3 is 24.8 Å². The predicted octanol–water partition coefficient (Wildman–Crippen LogP) is 4.05. The maximum absolute atomic E-state index is 13.8. The number of aromatic nitrogens is 1. The van der Waals surface area contributed by atoms with Gasteiger partial charge in [-0.2, -0.15) is 0 Å². The van der Waals surface area contributed by atoms with E-state index in [1.807, 2.05) is 0 Å². The Labute approximate surface area is 244 Å². The van der Waals surface area contributed by atoms with E-state index >= 15 is 0 Å². The first-order valence-corrected chi connectivity index (χ1v) is 14.6. The first-order chi connectivity index (χ1) is 19.7. The lowest BCUT2D eigenvalue weighted by Gasteiger charge is -2.39. The number of rotatable bonds is 6. The second-order valence-corrected chi connectivity index (χ2v) is 12.3. The number of hydrogen-bond donors (Lipinski definition) is 2. The normalized spacial score (nSPS) is 18.0. The van der Waals surface area contributed by atoms with Gasteiger partial charge in [0.1, 0.15) is 23.4 Å². The van der Waals surface area contributed by atoms with Crippen molar-refractivity contribution in [2.75, 3.05) is 33.2 Å². The minimum absolute atomic E-state index is 0.0268. The number of nitrogens with one attached hydrogen (secondary N) is 2. The van der Waals surface area contributed by atoms with E-state index in [1.54, 1.807) is 37.5 Å². The van der Waals surface area contributed by atoms with Crippen LogP contribution in [0.3, 0.4) is 0 Å². The number of H-pyrrole nitrogens is 1.